The molecule has 1 aromatic heterocycles. The van der Waals surface area contributed by atoms with Crippen LogP contribution in [-0.2, 0) is 4.79 Å². The largest absolute Gasteiger partial charge is 0.347 e. The molecule has 0 radical (unpaired) electrons. The second-order valence-corrected chi connectivity index (χ2v) is 5.06. The zero-order chi connectivity index (χ0) is 11.4. The smallest absolute Gasteiger partial charge is 0.221 e. The number of thiazole rings is 1. The lowest BCUT2D eigenvalue weighted by Gasteiger charge is -2.11. The number of rotatable bonds is 6. The molecule has 0 spiro atoms. The lowest BCUT2D eigenvalue weighted by molar-refractivity contribution is -0.121. The van der Waals surface area contributed by atoms with Crippen LogP contribution in [0.3, 0.4) is 0 Å². The van der Waals surface area contributed by atoms with E-state index < -0.39 is 0 Å². The Bertz CT molecular complexity index is 335. The molecule has 0 aromatic carbocycles. The molecule has 1 atom stereocenters. The number of nitrogens with one attached hydrogen (secondary N) is 2. The van der Waals surface area contributed by atoms with Gasteiger partial charge in [0.1, 0.15) is 5.01 Å². The van der Waals surface area contributed by atoms with Crippen LogP contribution in [0.1, 0.15) is 37.2 Å². The molecule has 1 amide bonds. The monoisotopic (exact) mass is 239 g/mol. The van der Waals surface area contributed by atoms with E-state index in [1.807, 2.05) is 12.3 Å². The summed E-state index contributed by atoms with van der Waals surface area (Å²) in [5.74, 6) is 0.0934. The number of carbonyl (C=O) groups excluding carboxylic acids is 1. The highest BCUT2D eigenvalue weighted by atomic mass is 32.1. The van der Waals surface area contributed by atoms with E-state index >= 15 is 0 Å². The number of aromatic nitrogens is 1. The number of carbonyl (C=O) groups is 1. The molecule has 1 saturated carbocycles. The third-order valence-electron chi connectivity index (χ3n) is 2.56. The van der Waals surface area contributed by atoms with E-state index in [4.69, 9.17) is 0 Å². The summed E-state index contributed by atoms with van der Waals surface area (Å²) in [5, 5.41) is 9.15. The first kappa shape index (κ1) is 11.5. The Morgan fingerprint density at radius 2 is 2.50 bits per heavy atom. The van der Waals surface area contributed by atoms with Gasteiger partial charge in [-0.25, -0.2) is 4.98 Å². The Kier molecular flexibility index (Phi) is 3.90. The van der Waals surface area contributed by atoms with Crippen LogP contribution in [-0.4, -0.2) is 23.5 Å². The van der Waals surface area contributed by atoms with Crippen LogP contribution in [0.25, 0.3) is 0 Å². The Morgan fingerprint density at radius 3 is 3.12 bits per heavy atom. The van der Waals surface area contributed by atoms with E-state index in [0.717, 1.165) is 11.6 Å². The van der Waals surface area contributed by atoms with Crippen molar-refractivity contribution in [2.45, 2.75) is 38.3 Å². The van der Waals surface area contributed by atoms with Gasteiger partial charge in [-0.3, -0.25) is 4.79 Å². The van der Waals surface area contributed by atoms with E-state index in [2.05, 4.69) is 15.6 Å². The van der Waals surface area contributed by atoms with Gasteiger partial charge in [0.15, 0.2) is 0 Å². The maximum Gasteiger partial charge on any atom is 0.221 e. The summed E-state index contributed by atoms with van der Waals surface area (Å²) in [6, 6.07) is 0.692. The summed E-state index contributed by atoms with van der Waals surface area (Å²) in [4.78, 5) is 15.8. The molecule has 1 unspecified atom stereocenters. The summed E-state index contributed by atoms with van der Waals surface area (Å²) in [5.41, 5.74) is 0. The van der Waals surface area contributed by atoms with Crippen LogP contribution in [0.4, 0.5) is 0 Å². The zero-order valence-corrected chi connectivity index (χ0v) is 10.2. The van der Waals surface area contributed by atoms with Crippen LogP contribution < -0.4 is 10.6 Å². The average Bonchev–Trinajstić information content (AvgIpc) is 2.91. The minimum absolute atomic E-state index is 0.0217. The maximum absolute atomic E-state index is 11.6. The third kappa shape index (κ3) is 3.57. The molecule has 4 nitrogen and oxygen atoms in total. The van der Waals surface area contributed by atoms with Crippen LogP contribution in [0.5, 0.6) is 0 Å². The molecule has 2 N–H and O–H groups in total. The van der Waals surface area contributed by atoms with Crippen molar-refractivity contribution in [3.63, 3.8) is 0 Å². The van der Waals surface area contributed by atoms with Gasteiger partial charge in [-0.05, 0) is 19.8 Å². The molecule has 16 heavy (non-hydrogen) atoms. The first-order chi connectivity index (χ1) is 7.75. The van der Waals surface area contributed by atoms with E-state index in [9.17, 15) is 4.79 Å². The topological polar surface area (TPSA) is 54.0 Å². The first-order valence-electron chi connectivity index (χ1n) is 5.68. The Balaban J connectivity index is 1.65. The van der Waals surface area contributed by atoms with Crippen molar-refractivity contribution in [1.29, 1.82) is 0 Å². The van der Waals surface area contributed by atoms with Gasteiger partial charge < -0.3 is 10.6 Å². The van der Waals surface area contributed by atoms with E-state index in [-0.39, 0.29) is 11.9 Å². The minimum atomic E-state index is 0.0217. The van der Waals surface area contributed by atoms with E-state index in [0.29, 0.717) is 12.5 Å². The molecule has 1 aromatic rings. The van der Waals surface area contributed by atoms with Crippen molar-refractivity contribution >= 4 is 17.2 Å². The Labute approximate surface area is 99.5 Å². The molecule has 1 heterocycles. The summed E-state index contributed by atoms with van der Waals surface area (Å²) >= 11 is 1.57. The predicted molar refractivity (Wildman–Crippen MR) is 64.3 cm³/mol. The third-order valence-corrected chi connectivity index (χ3v) is 3.52. The molecule has 0 bridgehead atoms. The minimum Gasteiger partial charge on any atom is -0.347 e. The van der Waals surface area contributed by atoms with E-state index in [1.165, 1.54) is 12.8 Å². The van der Waals surface area contributed by atoms with Crippen molar-refractivity contribution in [3.8, 4) is 0 Å². The molecule has 0 aliphatic heterocycles. The van der Waals surface area contributed by atoms with Gasteiger partial charge in [-0.15, -0.1) is 11.3 Å². The molecule has 1 aliphatic carbocycles. The molecule has 88 valence electrons. The zero-order valence-electron chi connectivity index (χ0n) is 9.40. The maximum atomic E-state index is 11.6. The van der Waals surface area contributed by atoms with Crippen LogP contribution in [0.15, 0.2) is 11.6 Å². The van der Waals surface area contributed by atoms with Gasteiger partial charge in [0.05, 0.1) is 6.04 Å². The van der Waals surface area contributed by atoms with Gasteiger partial charge in [0.2, 0.25) is 5.91 Å². The molecule has 5 heteroatoms. The number of nitrogens with zero attached hydrogens (tertiary/aromatic N) is 1. The number of amides is 1. The van der Waals surface area contributed by atoms with Crippen LogP contribution in [0.2, 0.25) is 0 Å². The summed E-state index contributed by atoms with van der Waals surface area (Å²) in [6.07, 6.45) is 4.83. The highest BCUT2D eigenvalue weighted by molar-refractivity contribution is 7.09. The van der Waals surface area contributed by atoms with Crippen molar-refractivity contribution in [2.75, 3.05) is 6.54 Å². The highest BCUT2D eigenvalue weighted by Crippen LogP contribution is 2.18. The van der Waals surface area contributed by atoms with Gasteiger partial charge >= 0.3 is 0 Å². The molecule has 0 saturated heterocycles. The van der Waals surface area contributed by atoms with Crippen molar-refractivity contribution in [2.24, 2.45) is 0 Å². The molecular weight excluding hydrogens is 222 g/mol. The quantitative estimate of drug-likeness (QED) is 0.790. The van der Waals surface area contributed by atoms with Crippen molar-refractivity contribution in [1.82, 2.24) is 15.6 Å². The normalized spacial score (nSPS) is 17.1. The average molecular weight is 239 g/mol. The second kappa shape index (κ2) is 5.41. The standard InChI is InChI=1S/C11H17N3OS/c1-8(11-13-6-7-16-11)14-10(15)4-5-12-9-2-3-9/h6-9,12H,2-5H2,1H3,(H,14,15). The first-order valence-corrected chi connectivity index (χ1v) is 6.56. The predicted octanol–water partition coefficient (Wildman–Crippen LogP) is 1.46. The molecule has 1 fully saturated rings. The summed E-state index contributed by atoms with van der Waals surface area (Å²) < 4.78 is 0. The lowest BCUT2D eigenvalue weighted by Crippen LogP contribution is -2.30. The fraction of sp³-hybridized carbons (Fsp3) is 0.636. The summed E-state index contributed by atoms with van der Waals surface area (Å²) in [7, 11) is 0. The fourth-order valence-corrected chi connectivity index (χ4v) is 2.15. The van der Waals surface area contributed by atoms with Gasteiger partial charge in [0, 0.05) is 30.6 Å². The van der Waals surface area contributed by atoms with E-state index in [1.54, 1.807) is 17.5 Å². The van der Waals surface area contributed by atoms with Crippen LogP contribution >= 0.6 is 11.3 Å². The molecule has 1 aliphatic rings. The van der Waals surface area contributed by atoms with Crippen molar-refractivity contribution in [3.05, 3.63) is 16.6 Å². The Morgan fingerprint density at radius 1 is 1.69 bits per heavy atom. The lowest BCUT2D eigenvalue weighted by atomic mass is 10.3. The van der Waals surface area contributed by atoms with Gasteiger partial charge in [-0.2, -0.15) is 0 Å². The number of hydrogen-bond acceptors (Lipinski definition) is 4. The summed E-state index contributed by atoms with van der Waals surface area (Å²) in [6.45, 7) is 2.74. The Hall–Kier alpha value is -0.940. The number of hydrogen-bond donors (Lipinski definition) is 2. The SMILES string of the molecule is CC(NC(=O)CCNC1CC1)c1nccs1. The molecule has 2 rings (SSSR count). The van der Waals surface area contributed by atoms with Crippen LogP contribution in [0, 0.1) is 0 Å². The van der Waals surface area contributed by atoms with Gasteiger partial charge in [0.25, 0.3) is 0 Å². The fourth-order valence-electron chi connectivity index (χ4n) is 1.50. The van der Waals surface area contributed by atoms with Crippen molar-refractivity contribution < 1.29 is 4.79 Å². The second-order valence-electron chi connectivity index (χ2n) is 4.14. The highest BCUT2D eigenvalue weighted by Gasteiger charge is 2.20. The molecular formula is C11H17N3OS. The van der Waals surface area contributed by atoms with Gasteiger partial charge in [-0.1, -0.05) is 0 Å².